The maximum Gasteiger partial charge on any atom is 0.471 e. The molecular formula is C27H27ClF3N3O3. The Balaban J connectivity index is 1.24. The SMILES string of the molecule is O=C(NC1CCc2ccc(C(=O)N3CCC4(CCN(C(=O)C(F)(F)F)CC4)C3)cc21)c1ccccc1Cl. The number of nitrogens with one attached hydrogen (secondary N) is 1. The summed E-state index contributed by atoms with van der Waals surface area (Å²) < 4.78 is 38.3. The Morgan fingerprint density at radius 2 is 1.65 bits per heavy atom. The largest absolute Gasteiger partial charge is 0.471 e. The minimum absolute atomic E-state index is 0.0476. The first-order chi connectivity index (χ1) is 17.6. The number of hydrogen-bond acceptors (Lipinski definition) is 3. The van der Waals surface area contributed by atoms with Crippen LogP contribution >= 0.6 is 11.6 Å². The molecule has 37 heavy (non-hydrogen) atoms. The Bertz CT molecular complexity index is 1240. The van der Waals surface area contributed by atoms with Gasteiger partial charge in [0.1, 0.15) is 0 Å². The number of rotatable bonds is 3. The van der Waals surface area contributed by atoms with Crippen LogP contribution in [0.25, 0.3) is 0 Å². The van der Waals surface area contributed by atoms with Gasteiger partial charge in [0.05, 0.1) is 16.6 Å². The summed E-state index contributed by atoms with van der Waals surface area (Å²) in [5.74, 6) is -2.18. The van der Waals surface area contributed by atoms with Crippen LogP contribution in [-0.2, 0) is 11.2 Å². The number of piperidine rings is 1. The fourth-order valence-electron chi connectivity index (χ4n) is 5.83. The van der Waals surface area contributed by atoms with Gasteiger partial charge in [0.15, 0.2) is 0 Å². The molecule has 0 radical (unpaired) electrons. The zero-order valence-corrected chi connectivity index (χ0v) is 20.9. The van der Waals surface area contributed by atoms with Crippen LogP contribution in [0, 0.1) is 5.41 Å². The number of hydrogen-bond donors (Lipinski definition) is 1. The first kappa shape index (κ1) is 25.6. The van der Waals surface area contributed by atoms with E-state index >= 15 is 0 Å². The maximum absolute atomic E-state index is 13.4. The minimum Gasteiger partial charge on any atom is -0.345 e. The van der Waals surface area contributed by atoms with E-state index in [9.17, 15) is 27.6 Å². The highest BCUT2D eigenvalue weighted by Gasteiger charge is 2.47. The average molecular weight is 534 g/mol. The minimum atomic E-state index is -4.86. The third-order valence-corrected chi connectivity index (χ3v) is 8.30. The normalized spacial score (nSPS) is 20.7. The molecule has 1 aliphatic carbocycles. The molecule has 2 heterocycles. The lowest BCUT2D eigenvalue weighted by Crippen LogP contribution is -2.48. The summed E-state index contributed by atoms with van der Waals surface area (Å²) >= 11 is 6.17. The van der Waals surface area contributed by atoms with E-state index in [4.69, 9.17) is 11.6 Å². The molecule has 2 fully saturated rings. The van der Waals surface area contributed by atoms with Crippen LogP contribution in [0.3, 0.4) is 0 Å². The van der Waals surface area contributed by atoms with Gasteiger partial charge in [-0.25, -0.2) is 0 Å². The molecule has 10 heteroatoms. The lowest BCUT2D eigenvalue weighted by molar-refractivity contribution is -0.187. The summed E-state index contributed by atoms with van der Waals surface area (Å²) in [5.41, 5.74) is 2.66. The van der Waals surface area contributed by atoms with E-state index in [1.807, 2.05) is 12.1 Å². The number of carbonyl (C=O) groups is 3. The molecule has 2 aromatic rings. The van der Waals surface area contributed by atoms with Crippen molar-refractivity contribution in [2.75, 3.05) is 26.2 Å². The number of aryl methyl sites for hydroxylation is 1. The molecule has 0 aromatic heterocycles. The van der Waals surface area contributed by atoms with Crippen molar-refractivity contribution >= 4 is 29.3 Å². The van der Waals surface area contributed by atoms with Crippen molar-refractivity contribution in [2.24, 2.45) is 5.41 Å². The van der Waals surface area contributed by atoms with Crippen molar-refractivity contribution in [1.29, 1.82) is 0 Å². The molecular weight excluding hydrogens is 507 g/mol. The van der Waals surface area contributed by atoms with Gasteiger partial charge >= 0.3 is 12.1 Å². The number of nitrogens with zero attached hydrogens (tertiary/aromatic N) is 2. The van der Waals surface area contributed by atoms with Crippen LogP contribution in [0.1, 0.15) is 63.6 Å². The monoisotopic (exact) mass is 533 g/mol. The number of fused-ring (bicyclic) bond motifs is 1. The molecule has 6 nitrogen and oxygen atoms in total. The molecule has 3 aliphatic rings. The van der Waals surface area contributed by atoms with Gasteiger partial charge in [0.25, 0.3) is 11.8 Å². The number of amides is 3. The fraction of sp³-hybridized carbons (Fsp3) is 0.444. The van der Waals surface area contributed by atoms with E-state index in [1.165, 1.54) is 0 Å². The van der Waals surface area contributed by atoms with Gasteiger partial charge < -0.3 is 15.1 Å². The molecule has 0 saturated carbocycles. The van der Waals surface area contributed by atoms with Crippen LogP contribution in [-0.4, -0.2) is 59.9 Å². The molecule has 1 unspecified atom stereocenters. The smallest absolute Gasteiger partial charge is 0.345 e. The molecule has 1 N–H and O–H groups in total. The first-order valence-corrected chi connectivity index (χ1v) is 12.8. The number of halogens is 4. The van der Waals surface area contributed by atoms with Gasteiger partial charge in [-0.3, -0.25) is 14.4 Å². The summed E-state index contributed by atoms with van der Waals surface area (Å²) in [6, 6.07) is 12.2. The van der Waals surface area contributed by atoms with Gasteiger partial charge in [-0.2, -0.15) is 13.2 Å². The lowest BCUT2D eigenvalue weighted by atomic mass is 9.77. The fourth-order valence-corrected chi connectivity index (χ4v) is 6.05. The van der Waals surface area contributed by atoms with Gasteiger partial charge in [-0.1, -0.05) is 29.8 Å². The van der Waals surface area contributed by atoms with Gasteiger partial charge in [-0.05, 0) is 72.9 Å². The van der Waals surface area contributed by atoms with E-state index in [-0.39, 0.29) is 36.4 Å². The second-order valence-electron chi connectivity index (χ2n) is 10.2. The number of carbonyl (C=O) groups excluding carboxylic acids is 3. The van der Waals surface area contributed by atoms with Gasteiger partial charge in [0, 0.05) is 31.7 Å². The second-order valence-corrected chi connectivity index (χ2v) is 10.6. The number of benzene rings is 2. The van der Waals surface area contributed by atoms with E-state index in [1.54, 1.807) is 35.2 Å². The average Bonchev–Trinajstić information content (AvgIpc) is 3.47. The van der Waals surface area contributed by atoms with Crippen LogP contribution in [0.2, 0.25) is 5.02 Å². The third-order valence-electron chi connectivity index (χ3n) is 7.97. The van der Waals surface area contributed by atoms with Crippen molar-refractivity contribution in [1.82, 2.24) is 15.1 Å². The standard InChI is InChI=1S/C27H27ClF3N3O3/c28-21-4-2-1-3-19(21)23(35)32-22-8-7-17-5-6-18(15-20(17)22)24(36)34-14-11-26(16-34)9-12-33(13-10-26)25(37)27(29,30)31/h1-6,15,22H,7-14,16H2,(H,32,35). The highest BCUT2D eigenvalue weighted by molar-refractivity contribution is 6.33. The van der Waals surface area contributed by atoms with Crippen molar-refractivity contribution in [3.63, 3.8) is 0 Å². The Labute approximate surface area is 217 Å². The number of alkyl halides is 3. The highest BCUT2D eigenvalue weighted by atomic mass is 35.5. The molecule has 3 amide bonds. The van der Waals surface area contributed by atoms with E-state index < -0.39 is 12.1 Å². The predicted octanol–water partition coefficient (Wildman–Crippen LogP) is 4.77. The number of likely N-dealkylation sites (tertiary alicyclic amines) is 2. The summed E-state index contributed by atoms with van der Waals surface area (Å²) in [6.07, 6.45) is -1.76. The van der Waals surface area contributed by atoms with Crippen molar-refractivity contribution in [3.8, 4) is 0 Å². The summed E-state index contributed by atoms with van der Waals surface area (Å²) in [5, 5.41) is 3.41. The summed E-state index contributed by atoms with van der Waals surface area (Å²) in [6.45, 7) is 1.08. The third kappa shape index (κ3) is 5.06. The predicted molar refractivity (Wildman–Crippen MR) is 131 cm³/mol. The zero-order valence-electron chi connectivity index (χ0n) is 20.1. The quantitative estimate of drug-likeness (QED) is 0.618. The molecule has 5 rings (SSSR count). The van der Waals surface area contributed by atoms with Gasteiger partial charge in [-0.15, -0.1) is 0 Å². The van der Waals surface area contributed by atoms with Crippen LogP contribution in [0.5, 0.6) is 0 Å². The van der Waals surface area contributed by atoms with Crippen molar-refractivity contribution in [3.05, 3.63) is 69.7 Å². The molecule has 196 valence electrons. The second kappa shape index (κ2) is 9.67. The maximum atomic E-state index is 13.4. The zero-order chi connectivity index (χ0) is 26.4. The highest BCUT2D eigenvalue weighted by Crippen LogP contribution is 2.42. The molecule has 2 aliphatic heterocycles. The van der Waals surface area contributed by atoms with Crippen molar-refractivity contribution in [2.45, 2.75) is 44.3 Å². The molecule has 1 atom stereocenters. The summed E-state index contributed by atoms with van der Waals surface area (Å²) in [4.78, 5) is 40.4. The van der Waals surface area contributed by atoms with E-state index in [0.29, 0.717) is 48.5 Å². The van der Waals surface area contributed by atoms with E-state index in [2.05, 4.69) is 5.32 Å². The van der Waals surface area contributed by atoms with Crippen LogP contribution in [0.15, 0.2) is 42.5 Å². The van der Waals surface area contributed by atoms with Crippen LogP contribution < -0.4 is 5.32 Å². The molecule has 0 bridgehead atoms. The summed E-state index contributed by atoms with van der Waals surface area (Å²) in [7, 11) is 0. The molecule has 2 saturated heterocycles. The van der Waals surface area contributed by atoms with Gasteiger partial charge in [0.2, 0.25) is 0 Å². The lowest BCUT2D eigenvalue weighted by Gasteiger charge is -2.39. The topological polar surface area (TPSA) is 69.7 Å². The Hall–Kier alpha value is -3.07. The molecule has 1 spiro atoms. The Morgan fingerprint density at radius 1 is 0.973 bits per heavy atom. The molecule has 2 aromatic carbocycles. The Kier molecular flexibility index (Phi) is 6.68. The van der Waals surface area contributed by atoms with Crippen LogP contribution in [0.4, 0.5) is 13.2 Å². The Morgan fingerprint density at radius 3 is 2.32 bits per heavy atom. The van der Waals surface area contributed by atoms with Crippen molar-refractivity contribution < 1.29 is 27.6 Å². The van der Waals surface area contributed by atoms with E-state index in [0.717, 1.165) is 28.9 Å². The first-order valence-electron chi connectivity index (χ1n) is 12.4.